The van der Waals surface area contributed by atoms with Crippen molar-refractivity contribution < 1.29 is 0 Å². The van der Waals surface area contributed by atoms with Crippen LogP contribution in [-0.2, 0) is 0 Å². The second kappa shape index (κ2) is 5.48. The molecule has 3 nitrogen and oxygen atoms in total. The standard InChI is InChI=1S/C13H27N3/c1-14-10-13(5-6-13)11-15-9-12-3-7-16(2)8-4-12/h12,14-15H,3-11H2,1-2H3. The average Bonchev–Trinajstić information content (AvgIpc) is 3.02. The van der Waals surface area contributed by atoms with Crippen molar-refractivity contribution >= 4 is 0 Å². The van der Waals surface area contributed by atoms with E-state index in [1.807, 2.05) is 0 Å². The predicted octanol–water partition coefficient (Wildman–Crippen LogP) is 0.917. The monoisotopic (exact) mass is 225 g/mol. The molecular weight excluding hydrogens is 198 g/mol. The third kappa shape index (κ3) is 3.44. The maximum absolute atomic E-state index is 3.70. The van der Waals surface area contributed by atoms with Gasteiger partial charge in [-0.3, -0.25) is 0 Å². The van der Waals surface area contributed by atoms with E-state index < -0.39 is 0 Å². The van der Waals surface area contributed by atoms with Gasteiger partial charge in [0.05, 0.1) is 0 Å². The molecule has 94 valence electrons. The van der Waals surface area contributed by atoms with E-state index in [-0.39, 0.29) is 0 Å². The van der Waals surface area contributed by atoms with E-state index in [2.05, 4.69) is 29.6 Å². The highest BCUT2D eigenvalue weighted by molar-refractivity contribution is 4.96. The van der Waals surface area contributed by atoms with Crippen LogP contribution in [0.1, 0.15) is 25.7 Å². The van der Waals surface area contributed by atoms with Crippen LogP contribution < -0.4 is 10.6 Å². The van der Waals surface area contributed by atoms with E-state index >= 15 is 0 Å². The van der Waals surface area contributed by atoms with Gasteiger partial charge in [0.1, 0.15) is 0 Å². The Hall–Kier alpha value is -0.120. The first-order valence-corrected chi connectivity index (χ1v) is 6.78. The smallest absolute Gasteiger partial charge is 0.00201 e. The summed E-state index contributed by atoms with van der Waals surface area (Å²) in [5.74, 6) is 0.918. The zero-order valence-electron chi connectivity index (χ0n) is 10.9. The molecule has 0 atom stereocenters. The summed E-state index contributed by atoms with van der Waals surface area (Å²) < 4.78 is 0. The first-order chi connectivity index (χ1) is 7.74. The zero-order chi connectivity index (χ0) is 11.4. The topological polar surface area (TPSA) is 27.3 Å². The lowest BCUT2D eigenvalue weighted by molar-refractivity contribution is 0.214. The van der Waals surface area contributed by atoms with Gasteiger partial charge in [0.15, 0.2) is 0 Å². The Bertz CT molecular complexity index is 205. The lowest BCUT2D eigenvalue weighted by atomic mass is 9.97. The van der Waals surface area contributed by atoms with Crippen LogP contribution in [0, 0.1) is 11.3 Å². The van der Waals surface area contributed by atoms with Crippen molar-refractivity contribution in [2.75, 3.05) is 46.8 Å². The average molecular weight is 225 g/mol. The molecule has 0 spiro atoms. The Morgan fingerprint density at radius 1 is 1.19 bits per heavy atom. The van der Waals surface area contributed by atoms with Crippen molar-refractivity contribution in [2.24, 2.45) is 11.3 Å². The van der Waals surface area contributed by atoms with Crippen LogP contribution in [0.25, 0.3) is 0 Å². The van der Waals surface area contributed by atoms with Crippen LogP contribution in [0.15, 0.2) is 0 Å². The van der Waals surface area contributed by atoms with Gasteiger partial charge in [-0.1, -0.05) is 0 Å². The van der Waals surface area contributed by atoms with Crippen LogP contribution in [0.3, 0.4) is 0 Å². The van der Waals surface area contributed by atoms with Gasteiger partial charge >= 0.3 is 0 Å². The van der Waals surface area contributed by atoms with Gasteiger partial charge in [-0.15, -0.1) is 0 Å². The molecule has 1 saturated carbocycles. The molecule has 0 aromatic rings. The summed E-state index contributed by atoms with van der Waals surface area (Å²) in [4.78, 5) is 2.44. The van der Waals surface area contributed by atoms with E-state index in [0.29, 0.717) is 5.41 Å². The SMILES string of the molecule is CNCC1(CNCC2CCN(C)CC2)CC1. The molecular formula is C13H27N3. The molecule has 1 saturated heterocycles. The second-order valence-corrected chi connectivity index (χ2v) is 5.91. The Morgan fingerprint density at radius 2 is 1.88 bits per heavy atom. The van der Waals surface area contributed by atoms with Gasteiger partial charge in [-0.25, -0.2) is 0 Å². The lowest BCUT2D eigenvalue weighted by Crippen LogP contribution is -2.38. The van der Waals surface area contributed by atoms with E-state index in [1.54, 1.807) is 0 Å². The quantitative estimate of drug-likeness (QED) is 0.704. The molecule has 0 unspecified atom stereocenters. The maximum Gasteiger partial charge on any atom is 0.00201 e. The highest BCUT2D eigenvalue weighted by Crippen LogP contribution is 2.44. The normalized spacial score (nSPS) is 25.9. The van der Waals surface area contributed by atoms with E-state index in [4.69, 9.17) is 0 Å². The molecule has 1 heterocycles. The number of nitrogens with zero attached hydrogens (tertiary/aromatic N) is 1. The Balaban J connectivity index is 1.58. The Kier molecular flexibility index (Phi) is 4.22. The molecule has 1 aliphatic heterocycles. The largest absolute Gasteiger partial charge is 0.319 e. The summed E-state index contributed by atoms with van der Waals surface area (Å²) in [5.41, 5.74) is 0.611. The second-order valence-electron chi connectivity index (χ2n) is 5.91. The first kappa shape index (κ1) is 12.3. The van der Waals surface area contributed by atoms with Crippen molar-refractivity contribution in [1.82, 2.24) is 15.5 Å². The summed E-state index contributed by atoms with van der Waals surface area (Å²) in [7, 11) is 4.30. The molecule has 1 aliphatic carbocycles. The van der Waals surface area contributed by atoms with E-state index in [0.717, 1.165) is 5.92 Å². The highest BCUT2D eigenvalue weighted by atomic mass is 15.1. The third-order valence-electron chi connectivity index (χ3n) is 4.28. The van der Waals surface area contributed by atoms with Crippen LogP contribution >= 0.6 is 0 Å². The number of hydrogen-bond acceptors (Lipinski definition) is 3. The Morgan fingerprint density at radius 3 is 2.44 bits per heavy atom. The summed E-state index contributed by atoms with van der Waals surface area (Å²) in [6, 6.07) is 0. The molecule has 2 rings (SSSR count). The molecule has 3 heteroatoms. The van der Waals surface area contributed by atoms with Crippen molar-refractivity contribution in [2.45, 2.75) is 25.7 Å². The molecule has 16 heavy (non-hydrogen) atoms. The summed E-state index contributed by atoms with van der Waals surface area (Å²) in [6.45, 7) is 6.22. The van der Waals surface area contributed by atoms with Crippen molar-refractivity contribution in [3.05, 3.63) is 0 Å². The fraction of sp³-hybridized carbons (Fsp3) is 1.00. The van der Waals surface area contributed by atoms with Crippen LogP contribution in [0.2, 0.25) is 0 Å². The van der Waals surface area contributed by atoms with Gasteiger partial charge in [0.25, 0.3) is 0 Å². The minimum atomic E-state index is 0.611. The molecule has 2 fully saturated rings. The molecule has 0 bridgehead atoms. The summed E-state index contributed by atoms with van der Waals surface area (Å²) in [5, 5.41) is 7.02. The number of nitrogens with one attached hydrogen (secondary N) is 2. The number of rotatable bonds is 6. The van der Waals surface area contributed by atoms with Crippen LogP contribution in [-0.4, -0.2) is 51.7 Å². The van der Waals surface area contributed by atoms with Gasteiger partial charge in [-0.2, -0.15) is 0 Å². The van der Waals surface area contributed by atoms with E-state index in [1.165, 1.54) is 58.4 Å². The summed E-state index contributed by atoms with van der Waals surface area (Å²) in [6.07, 6.45) is 5.58. The minimum Gasteiger partial charge on any atom is -0.319 e. The minimum absolute atomic E-state index is 0.611. The zero-order valence-corrected chi connectivity index (χ0v) is 10.9. The molecule has 0 aromatic carbocycles. The van der Waals surface area contributed by atoms with Crippen molar-refractivity contribution in [3.63, 3.8) is 0 Å². The van der Waals surface area contributed by atoms with Gasteiger partial charge in [0.2, 0.25) is 0 Å². The highest BCUT2D eigenvalue weighted by Gasteiger charge is 2.41. The molecule has 2 aliphatic rings. The van der Waals surface area contributed by atoms with Gasteiger partial charge in [-0.05, 0) is 70.7 Å². The Labute approximate surface area is 100.0 Å². The van der Waals surface area contributed by atoms with Crippen LogP contribution in [0.4, 0.5) is 0 Å². The third-order valence-corrected chi connectivity index (χ3v) is 4.28. The number of piperidine rings is 1. The van der Waals surface area contributed by atoms with Gasteiger partial charge < -0.3 is 15.5 Å². The number of likely N-dealkylation sites (tertiary alicyclic amines) is 1. The lowest BCUT2D eigenvalue weighted by Gasteiger charge is -2.29. The fourth-order valence-electron chi connectivity index (χ4n) is 2.78. The summed E-state index contributed by atoms with van der Waals surface area (Å²) >= 11 is 0. The molecule has 0 amide bonds. The predicted molar refractivity (Wildman–Crippen MR) is 68.7 cm³/mol. The van der Waals surface area contributed by atoms with Gasteiger partial charge in [0, 0.05) is 13.1 Å². The van der Waals surface area contributed by atoms with Crippen molar-refractivity contribution in [1.29, 1.82) is 0 Å². The van der Waals surface area contributed by atoms with E-state index in [9.17, 15) is 0 Å². The van der Waals surface area contributed by atoms with Crippen LogP contribution in [0.5, 0.6) is 0 Å². The number of hydrogen-bond donors (Lipinski definition) is 2. The maximum atomic E-state index is 3.70. The first-order valence-electron chi connectivity index (χ1n) is 6.78. The van der Waals surface area contributed by atoms with Crippen molar-refractivity contribution in [3.8, 4) is 0 Å². The molecule has 0 aromatic heterocycles. The molecule has 2 N–H and O–H groups in total. The molecule has 0 radical (unpaired) electrons. The fourth-order valence-corrected chi connectivity index (χ4v) is 2.78.